The zero-order valence-electron chi connectivity index (χ0n) is 15.0. The van der Waals surface area contributed by atoms with Crippen molar-refractivity contribution in [3.8, 4) is 0 Å². The molecule has 1 aromatic carbocycles. The highest BCUT2D eigenvalue weighted by molar-refractivity contribution is 7.99. The summed E-state index contributed by atoms with van der Waals surface area (Å²) in [5, 5.41) is 4.99. The van der Waals surface area contributed by atoms with Crippen LogP contribution < -0.4 is 0 Å². The standard InChI is InChI=1S/C17H20N4O2S2.ClH/c1-12-10-13(11-20(2)3)21-16(18-12)15(17(19-21)24-4)25(22,23)14-8-6-5-7-9-14;/h5-10H,11H2,1-4H3;1H. The van der Waals surface area contributed by atoms with Crippen LogP contribution in [0.3, 0.4) is 0 Å². The van der Waals surface area contributed by atoms with Gasteiger partial charge < -0.3 is 4.90 Å². The molecule has 9 heteroatoms. The van der Waals surface area contributed by atoms with Crippen molar-refractivity contribution in [1.82, 2.24) is 19.5 Å². The Balaban J connectivity index is 0.00000243. The fourth-order valence-corrected chi connectivity index (χ4v) is 5.11. The molecule has 26 heavy (non-hydrogen) atoms. The van der Waals surface area contributed by atoms with Gasteiger partial charge in [0.15, 0.2) is 10.5 Å². The van der Waals surface area contributed by atoms with Gasteiger partial charge >= 0.3 is 0 Å². The number of benzene rings is 1. The van der Waals surface area contributed by atoms with Crippen molar-refractivity contribution < 1.29 is 8.42 Å². The van der Waals surface area contributed by atoms with Crippen LogP contribution in [0.15, 0.2) is 51.2 Å². The maximum absolute atomic E-state index is 13.2. The summed E-state index contributed by atoms with van der Waals surface area (Å²) in [6.07, 6.45) is 1.82. The summed E-state index contributed by atoms with van der Waals surface area (Å²) in [4.78, 5) is 6.93. The van der Waals surface area contributed by atoms with Crippen molar-refractivity contribution in [2.45, 2.75) is 28.3 Å². The predicted molar refractivity (Wildman–Crippen MR) is 106 cm³/mol. The molecule has 0 saturated carbocycles. The first kappa shape index (κ1) is 20.7. The molecule has 0 fully saturated rings. The summed E-state index contributed by atoms with van der Waals surface area (Å²) in [5.74, 6) is 0. The van der Waals surface area contributed by atoms with Crippen molar-refractivity contribution >= 4 is 39.7 Å². The maximum atomic E-state index is 13.2. The number of rotatable bonds is 5. The summed E-state index contributed by atoms with van der Waals surface area (Å²) >= 11 is 1.31. The van der Waals surface area contributed by atoms with E-state index in [1.807, 2.05) is 38.2 Å². The van der Waals surface area contributed by atoms with Crippen LogP contribution in [0, 0.1) is 6.92 Å². The van der Waals surface area contributed by atoms with Gasteiger partial charge in [0.2, 0.25) is 9.84 Å². The Morgan fingerprint density at radius 3 is 2.42 bits per heavy atom. The second-order valence-electron chi connectivity index (χ2n) is 6.02. The lowest BCUT2D eigenvalue weighted by molar-refractivity contribution is 0.391. The third-order valence-corrected chi connectivity index (χ3v) is 6.32. The molecule has 0 aliphatic carbocycles. The average molecular weight is 413 g/mol. The molecule has 2 heterocycles. The van der Waals surface area contributed by atoms with Crippen LogP contribution in [0.5, 0.6) is 0 Å². The highest BCUT2D eigenvalue weighted by Gasteiger charge is 2.29. The summed E-state index contributed by atoms with van der Waals surface area (Å²) in [6, 6.07) is 10.4. The summed E-state index contributed by atoms with van der Waals surface area (Å²) < 4.78 is 28.1. The van der Waals surface area contributed by atoms with E-state index >= 15 is 0 Å². The van der Waals surface area contributed by atoms with Gasteiger partial charge in [-0.1, -0.05) is 18.2 Å². The van der Waals surface area contributed by atoms with Crippen LogP contribution in [-0.2, 0) is 16.4 Å². The molecule has 0 aliphatic heterocycles. The molecule has 0 aliphatic rings. The van der Waals surface area contributed by atoms with E-state index in [-0.39, 0.29) is 22.2 Å². The lowest BCUT2D eigenvalue weighted by Gasteiger charge is -2.12. The number of nitrogens with zero attached hydrogens (tertiary/aromatic N) is 4. The molecule has 2 aromatic heterocycles. The van der Waals surface area contributed by atoms with Gasteiger partial charge in [0, 0.05) is 12.2 Å². The second-order valence-corrected chi connectivity index (χ2v) is 8.70. The maximum Gasteiger partial charge on any atom is 0.213 e. The largest absolute Gasteiger partial charge is 0.304 e. The van der Waals surface area contributed by atoms with Crippen LogP contribution >= 0.6 is 24.2 Å². The van der Waals surface area contributed by atoms with E-state index in [4.69, 9.17) is 0 Å². The van der Waals surface area contributed by atoms with Crippen molar-refractivity contribution in [3.63, 3.8) is 0 Å². The molecule has 0 bridgehead atoms. The molecule has 0 radical (unpaired) electrons. The van der Waals surface area contributed by atoms with E-state index < -0.39 is 9.84 Å². The molecule has 3 aromatic rings. The van der Waals surface area contributed by atoms with E-state index in [2.05, 4.69) is 10.1 Å². The zero-order chi connectivity index (χ0) is 18.2. The average Bonchev–Trinajstić information content (AvgIpc) is 2.94. The highest BCUT2D eigenvalue weighted by atomic mass is 35.5. The SMILES string of the molecule is CSc1nn2c(CN(C)C)cc(C)nc2c1S(=O)(=O)c1ccccc1.Cl. The topological polar surface area (TPSA) is 67.6 Å². The predicted octanol–water partition coefficient (Wildman–Crippen LogP) is 3.08. The van der Waals surface area contributed by atoms with Gasteiger partial charge in [-0.3, -0.25) is 0 Å². The zero-order valence-corrected chi connectivity index (χ0v) is 17.5. The first-order chi connectivity index (χ1) is 11.8. The molecule has 0 saturated heterocycles. The fourth-order valence-electron chi connectivity index (χ4n) is 2.70. The molecule has 0 unspecified atom stereocenters. The van der Waals surface area contributed by atoms with E-state index in [0.29, 0.717) is 17.2 Å². The van der Waals surface area contributed by atoms with E-state index in [0.717, 1.165) is 11.4 Å². The number of sulfone groups is 1. The Labute approximate surface area is 164 Å². The third kappa shape index (κ3) is 3.73. The Kier molecular flexibility index (Phi) is 6.33. The lowest BCUT2D eigenvalue weighted by Crippen LogP contribution is -2.15. The molecule has 0 spiro atoms. The monoisotopic (exact) mass is 412 g/mol. The van der Waals surface area contributed by atoms with Crippen molar-refractivity contribution in [2.24, 2.45) is 0 Å². The van der Waals surface area contributed by atoms with Crippen molar-refractivity contribution in [1.29, 1.82) is 0 Å². The van der Waals surface area contributed by atoms with Crippen LogP contribution in [0.1, 0.15) is 11.4 Å². The number of aromatic nitrogens is 3. The van der Waals surface area contributed by atoms with Crippen LogP contribution in [0.2, 0.25) is 0 Å². The van der Waals surface area contributed by atoms with E-state index in [1.54, 1.807) is 34.8 Å². The minimum absolute atomic E-state index is 0. The van der Waals surface area contributed by atoms with Crippen LogP contribution in [0.25, 0.3) is 5.65 Å². The van der Waals surface area contributed by atoms with Crippen LogP contribution in [0.4, 0.5) is 0 Å². The van der Waals surface area contributed by atoms with Gasteiger partial charge in [0.25, 0.3) is 0 Å². The van der Waals surface area contributed by atoms with Gasteiger partial charge in [-0.05, 0) is 45.5 Å². The molecule has 0 amide bonds. The van der Waals surface area contributed by atoms with Crippen molar-refractivity contribution in [2.75, 3.05) is 20.4 Å². The fraction of sp³-hybridized carbons (Fsp3) is 0.294. The van der Waals surface area contributed by atoms with E-state index in [1.165, 1.54) is 11.8 Å². The number of hydrogen-bond donors (Lipinski definition) is 0. The third-order valence-electron chi connectivity index (χ3n) is 3.71. The number of thioether (sulfide) groups is 1. The smallest absolute Gasteiger partial charge is 0.213 e. The van der Waals surface area contributed by atoms with Gasteiger partial charge in [0.05, 0.1) is 10.6 Å². The Hall–Kier alpha value is -1.61. The van der Waals surface area contributed by atoms with Gasteiger partial charge in [-0.15, -0.1) is 24.2 Å². The normalized spacial score (nSPS) is 11.7. The van der Waals surface area contributed by atoms with Gasteiger partial charge in [-0.25, -0.2) is 17.9 Å². The molecule has 140 valence electrons. The molecule has 3 rings (SSSR count). The minimum Gasteiger partial charge on any atom is -0.304 e. The Bertz CT molecular complexity index is 1020. The lowest BCUT2D eigenvalue weighted by atomic mass is 10.3. The summed E-state index contributed by atoms with van der Waals surface area (Å²) in [5.41, 5.74) is 2.05. The molecule has 6 nitrogen and oxygen atoms in total. The van der Waals surface area contributed by atoms with Gasteiger partial charge in [0.1, 0.15) is 5.03 Å². The number of halogens is 1. The van der Waals surface area contributed by atoms with E-state index in [9.17, 15) is 8.42 Å². The van der Waals surface area contributed by atoms with Crippen molar-refractivity contribution in [3.05, 3.63) is 47.8 Å². The molecule has 0 N–H and O–H groups in total. The first-order valence-electron chi connectivity index (χ1n) is 7.72. The summed E-state index contributed by atoms with van der Waals surface area (Å²) in [6.45, 7) is 2.50. The summed E-state index contributed by atoms with van der Waals surface area (Å²) in [7, 11) is 0.214. The minimum atomic E-state index is -3.71. The number of fused-ring (bicyclic) bond motifs is 1. The first-order valence-corrected chi connectivity index (χ1v) is 10.4. The quantitative estimate of drug-likeness (QED) is 0.600. The molecular weight excluding hydrogens is 392 g/mol. The van der Waals surface area contributed by atoms with Crippen LogP contribution in [-0.4, -0.2) is 48.3 Å². The Morgan fingerprint density at radius 1 is 1.19 bits per heavy atom. The highest BCUT2D eigenvalue weighted by Crippen LogP contribution is 2.32. The Morgan fingerprint density at radius 2 is 1.85 bits per heavy atom. The molecule has 0 atom stereocenters. The number of aryl methyl sites for hydroxylation is 1. The second kappa shape index (κ2) is 7.96. The molecular formula is C17H21ClN4O2S2. The van der Waals surface area contributed by atoms with Gasteiger partial charge in [-0.2, -0.15) is 5.10 Å². The number of hydrogen-bond acceptors (Lipinski definition) is 6.